The van der Waals surface area contributed by atoms with E-state index in [1.807, 2.05) is 20.8 Å². The van der Waals surface area contributed by atoms with E-state index in [-0.39, 0.29) is 17.4 Å². The summed E-state index contributed by atoms with van der Waals surface area (Å²) < 4.78 is 5.61. The van der Waals surface area contributed by atoms with Crippen molar-refractivity contribution in [3.63, 3.8) is 0 Å². The van der Waals surface area contributed by atoms with Crippen molar-refractivity contribution in [2.75, 3.05) is 5.32 Å². The molecular formula is C20H23ClN2O3. The Morgan fingerprint density at radius 1 is 1.08 bits per heavy atom. The third kappa shape index (κ3) is 5.77. The van der Waals surface area contributed by atoms with Crippen LogP contribution in [0.25, 0.3) is 0 Å². The standard InChI is InChI=1S/C20H23ClN2O3/c1-13(26-15-9-7-8-14(21)12-15)18(24)22-17-11-6-5-10-16(17)19(25)23-20(2,3)4/h5-13H,1-4H3,(H,22,24)(H,23,25)/t13-/m0/s1. The summed E-state index contributed by atoms with van der Waals surface area (Å²) in [5.41, 5.74) is 0.448. The van der Waals surface area contributed by atoms with Gasteiger partial charge >= 0.3 is 0 Å². The lowest BCUT2D eigenvalue weighted by molar-refractivity contribution is -0.122. The first-order valence-corrected chi connectivity index (χ1v) is 8.68. The first-order valence-electron chi connectivity index (χ1n) is 8.30. The number of rotatable bonds is 5. The molecule has 5 nitrogen and oxygen atoms in total. The summed E-state index contributed by atoms with van der Waals surface area (Å²) >= 11 is 5.92. The minimum Gasteiger partial charge on any atom is -0.481 e. The van der Waals surface area contributed by atoms with E-state index in [0.717, 1.165) is 0 Å². The molecule has 2 rings (SSSR count). The van der Waals surface area contributed by atoms with Crippen LogP contribution in [0.15, 0.2) is 48.5 Å². The molecule has 26 heavy (non-hydrogen) atoms. The van der Waals surface area contributed by atoms with E-state index in [9.17, 15) is 9.59 Å². The number of carbonyl (C=O) groups excluding carboxylic acids is 2. The molecule has 138 valence electrons. The molecule has 1 atom stereocenters. The van der Waals surface area contributed by atoms with Crippen molar-refractivity contribution in [3.05, 3.63) is 59.1 Å². The van der Waals surface area contributed by atoms with E-state index in [1.165, 1.54) is 0 Å². The lowest BCUT2D eigenvalue weighted by atomic mass is 10.1. The molecule has 2 amide bonds. The predicted octanol–water partition coefficient (Wildman–Crippen LogP) is 4.27. The molecule has 0 unspecified atom stereocenters. The molecule has 2 aromatic carbocycles. The van der Waals surface area contributed by atoms with Crippen LogP contribution in [0.5, 0.6) is 5.75 Å². The molecule has 2 aromatic rings. The number of hydrogen-bond acceptors (Lipinski definition) is 3. The summed E-state index contributed by atoms with van der Waals surface area (Å²) in [5.74, 6) is -0.114. The van der Waals surface area contributed by atoms with Gasteiger partial charge in [-0.2, -0.15) is 0 Å². The van der Waals surface area contributed by atoms with E-state index in [2.05, 4.69) is 10.6 Å². The van der Waals surface area contributed by atoms with E-state index in [4.69, 9.17) is 16.3 Å². The molecule has 0 aliphatic heterocycles. The Balaban J connectivity index is 2.10. The number of carbonyl (C=O) groups is 2. The predicted molar refractivity (Wildman–Crippen MR) is 104 cm³/mol. The Bertz CT molecular complexity index is 800. The summed E-state index contributed by atoms with van der Waals surface area (Å²) in [6.45, 7) is 7.32. The summed E-state index contributed by atoms with van der Waals surface area (Å²) in [5, 5.41) is 6.17. The monoisotopic (exact) mass is 374 g/mol. The fourth-order valence-corrected chi connectivity index (χ4v) is 2.41. The van der Waals surface area contributed by atoms with Crippen LogP contribution in [0.2, 0.25) is 5.02 Å². The number of amides is 2. The van der Waals surface area contributed by atoms with Crippen molar-refractivity contribution in [1.29, 1.82) is 0 Å². The van der Waals surface area contributed by atoms with Crippen LogP contribution in [0, 0.1) is 0 Å². The molecule has 0 aliphatic carbocycles. The molecule has 2 N–H and O–H groups in total. The molecule has 0 spiro atoms. The van der Waals surface area contributed by atoms with Gasteiger partial charge in [0.05, 0.1) is 11.3 Å². The van der Waals surface area contributed by atoms with Crippen LogP contribution in [0.1, 0.15) is 38.1 Å². The summed E-state index contributed by atoms with van der Waals surface area (Å²) in [4.78, 5) is 24.9. The van der Waals surface area contributed by atoms with Crippen molar-refractivity contribution >= 4 is 29.1 Å². The molecule has 0 aliphatic rings. The van der Waals surface area contributed by atoms with Gasteiger partial charge in [-0.3, -0.25) is 9.59 Å². The van der Waals surface area contributed by atoms with Gasteiger partial charge in [-0.05, 0) is 58.0 Å². The van der Waals surface area contributed by atoms with Crippen LogP contribution in [0.4, 0.5) is 5.69 Å². The van der Waals surface area contributed by atoms with Crippen LogP contribution >= 0.6 is 11.6 Å². The Kier molecular flexibility index (Phi) is 6.27. The highest BCUT2D eigenvalue weighted by atomic mass is 35.5. The largest absolute Gasteiger partial charge is 0.481 e. The van der Waals surface area contributed by atoms with Gasteiger partial charge in [0.15, 0.2) is 6.10 Å². The molecule has 0 fully saturated rings. The first-order chi connectivity index (χ1) is 12.2. The van der Waals surface area contributed by atoms with Crippen molar-refractivity contribution in [3.8, 4) is 5.75 Å². The second-order valence-corrected chi connectivity index (χ2v) is 7.39. The third-order valence-electron chi connectivity index (χ3n) is 3.40. The second-order valence-electron chi connectivity index (χ2n) is 6.96. The van der Waals surface area contributed by atoms with Crippen molar-refractivity contribution in [1.82, 2.24) is 5.32 Å². The van der Waals surface area contributed by atoms with Crippen molar-refractivity contribution < 1.29 is 14.3 Å². The minimum atomic E-state index is -0.757. The van der Waals surface area contributed by atoms with Gasteiger partial charge in [0.1, 0.15) is 5.75 Å². The fraction of sp³-hybridized carbons (Fsp3) is 0.300. The second kappa shape index (κ2) is 8.23. The summed E-state index contributed by atoms with van der Waals surface area (Å²) in [6.07, 6.45) is -0.757. The number of anilines is 1. The molecule has 0 saturated heterocycles. The highest BCUT2D eigenvalue weighted by Crippen LogP contribution is 2.20. The maximum Gasteiger partial charge on any atom is 0.265 e. The molecule has 0 radical (unpaired) electrons. The zero-order valence-electron chi connectivity index (χ0n) is 15.3. The normalized spacial score (nSPS) is 12.2. The topological polar surface area (TPSA) is 67.4 Å². The maximum atomic E-state index is 12.5. The minimum absolute atomic E-state index is 0.253. The quantitative estimate of drug-likeness (QED) is 0.821. The van der Waals surface area contributed by atoms with Gasteiger partial charge in [-0.15, -0.1) is 0 Å². The van der Waals surface area contributed by atoms with E-state index in [1.54, 1.807) is 55.5 Å². The maximum absolute atomic E-state index is 12.5. The van der Waals surface area contributed by atoms with Gasteiger partial charge in [-0.25, -0.2) is 0 Å². The molecular weight excluding hydrogens is 352 g/mol. The molecule has 0 bridgehead atoms. The zero-order valence-corrected chi connectivity index (χ0v) is 16.1. The van der Waals surface area contributed by atoms with Gasteiger partial charge in [0.2, 0.25) is 0 Å². The number of ether oxygens (including phenoxy) is 1. The summed E-state index contributed by atoms with van der Waals surface area (Å²) in [6, 6.07) is 13.7. The van der Waals surface area contributed by atoms with E-state index >= 15 is 0 Å². The average molecular weight is 375 g/mol. The highest BCUT2D eigenvalue weighted by Gasteiger charge is 2.21. The lowest BCUT2D eigenvalue weighted by Gasteiger charge is -2.22. The molecule has 6 heteroatoms. The third-order valence-corrected chi connectivity index (χ3v) is 3.63. The number of para-hydroxylation sites is 1. The van der Waals surface area contributed by atoms with Crippen LogP contribution in [-0.2, 0) is 4.79 Å². The van der Waals surface area contributed by atoms with Gasteiger partial charge in [0.25, 0.3) is 11.8 Å². The number of nitrogens with one attached hydrogen (secondary N) is 2. The van der Waals surface area contributed by atoms with Crippen LogP contribution < -0.4 is 15.4 Å². The first kappa shape index (κ1) is 19.8. The number of benzene rings is 2. The van der Waals surface area contributed by atoms with Crippen LogP contribution in [-0.4, -0.2) is 23.5 Å². The zero-order chi connectivity index (χ0) is 19.3. The molecule has 0 heterocycles. The van der Waals surface area contributed by atoms with Gasteiger partial charge in [-0.1, -0.05) is 29.8 Å². The van der Waals surface area contributed by atoms with Crippen molar-refractivity contribution in [2.45, 2.75) is 39.3 Å². The van der Waals surface area contributed by atoms with Crippen molar-refractivity contribution in [2.24, 2.45) is 0 Å². The molecule has 0 saturated carbocycles. The Hall–Kier alpha value is -2.53. The Morgan fingerprint density at radius 3 is 2.42 bits per heavy atom. The van der Waals surface area contributed by atoms with Gasteiger partial charge < -0.3 is 15.4 Å². The fourth-order valence-electron chi connectivity index (χ4n) is 2.23. The molecule has 0 aromatic heterocycles. The number of hydrogen-bond donors (Lipinski definition) is 2. The highest BCUT2D eigenvalue weighted by molar-refractivity contribution is 6.30. The SMILES string of the molecule is C[C@H](Oc1cccc(Cl)c1)C(=O)Nc1ccccc1C(=O)NC(C)(C)C. The van der Waals surface area contributed by atoms with Crippen LogP contribution in [0.3, 0.4) is 0 Å². The average Bonchev–Trinajstić information content (AvgIpc) is 2.53. The smallest absolute Gasteiger partial charge is 0.265 e. The van der Waals surface area contributed by atoms with Gasteiger partial charge in [0, 0.05) is 10.6 Å². The Labute approximate surface area is 158 Å². The Morgan fingerprint density at radius 2 is 1.77 bits per heavy atom. The number of halogens is 1. The lowest BCUT2D eigenvalue weighted by Crippen LogP contribution is -2.41. The van der Waals surface area contributed by atoms with E-state index in [0.29, 0.717) is 22.0 Å². The summed E-state index contributed by atoms with van der Waals surface area (Å²) in [7, 11) is 0. The van der Waals surface area contributed by atoms with E-state index < -0.39 is 6.10 Å².